The van der Waals surface area contributed by atoms with Gasteiger partial charge in [-0.05, 0) is 12.8 Å². The van der Waals surface area contributed by atoms with Crippen LogP contribution in [-0.2, 0) is 17.6 Å². The minimum Gasteiger partial charge on any atom is -0.463 e. The van der Waals surface area contributed by atoms with Gasteiger partial charge in [0.1, 0.15) is 0 Å². The largest absolute Gasteiger partial charge is 0.463 e. The number of hydrogen-bond donors (Lipinski definition) is 0. The van der Waals surface area contributed by atoms with E-state index >= 15 is 0 Å². The number of methoxy groups -OCH3 is 1. The number of esters is 1. The van der Waals surface area contributed by atoms with Gasteiger partial charge in [0, 0.05) is 6.42 Å². The van der Waals surface area contributed by atoms with Gasteiger partial charge in [-0.25, -0.2) is 9.78 Å². The molecule has 0 N–H and O–H groups in total. The molecule has 0 bridgehead atoms. The summed E-state index contributed by atoms with van der Waals surface area (Å²) in [4.78, 5) is 15.7. The molecule has 1 aromatic heterocycles. The standard InChI is InChI=1S/C11H17NO3/c1-4-6-8-10(11(13)14-3)15-9(12-8)7-5-2/h4-7H2,1-3H3. The third-order valence-corrected chi connectivity index (χ3v) is 2.06. The molecule has 0 fully saturated rings. The summed E-state index contributed by atoms with van der Waals surface area (Å²) in [6, 6.07) is 0. The summed E-state index contributed by atoms with van der Waals surface area (Å²) in [7, 11) is 1.35. The number of carbonyl (C=O) groups is 1. The lowest BCUT2D eigenvalue weighted by molar-refractivity contribution is 0.0561. The summed E-state index contributed by atoms with van der Waals surface area (Å²) < 4.78 is 10.0. The summed E-state index contributed by atoms with van der Waals surface area (Å²) in [5, 5.41) is 0. The van der Waals surface area contributed by atoms with E-state index in [9.17, 15) is 4.79 Å². The maximum Gasteiger partial charge on any atom is 0.375 e. The van der Waals surface area contributed by atoms with Crippen LogP contribution in [0.1, 0.15) is 48.8 Å². The third-order valence-electron chi connectivity index (χ3n) is 2.06. The SMILES string of the molecule is CCCc1nc(CCC)c(C(=O)OC)o1. The maximum absolute atomic E-state index is 11.4. The average Bonchev–Trinajstić information content (AvgIpc) is 2.61. The Kier molecular flexibility index (Phi) is 4.34. The van der Waals surface area contributed by atoms with Crippen LogP contribution in [0.5, 0.6) is 0 Å². The average molecular weight is 211 g/mol. The van der Waals surface area contributed by atoms with Crippen molar-refractivity contribution in [1.29, 1.82) is 0 Å². The number of oxazole rings is 1. The third kappa shape index (κ3) is 2.81. The number of aromatic nitrogens is 1. The molecule has 0 aromatic carbocycles. The molecule has 1 aromatic rings. The predicted molar refractivity (Wildman–Crippen MR) is 55.8 cm³/mol. The molecule has 84 valence electrons. The summed E-state index contributed by atoms with van der Waals surface area (Å²) in [6.07, 6.45) is 3.39. The first-order valence-electron chi connectivity index (χ1n) is 5.29. The number of nitrogens with zero attached hydrogens (tertiary/aromatic N) is 1. The van der Waals surface area contributed by atoms with Gasteiger partial charge in [0.2, 0.25) is 5.76 Å². The number of rotatable bonds is 5. The quantitative estimate of drug-likeness (QED) is 0.701. The molecule has 0 atom stereocenters. The van der Waals surface area contributed by atoms with E-state index in [2.05, 4.69) is 9.72 Å². The van der Waals surface area contributed by atoms with Crippen LogP contribution in [0.3, 0.4) is 0 Å². The molecule has 0 unspecified atom stereocenters. The fraction of sp³-hybridized carbons (Fsp3) is 0.636. The van der Waals surface area contributed by atoms with Gasteiger partial charge in [0.25, 0.3) is 0 Å². The van der Waals surface area contributed by atoms with Gasteiger partial charge >= 0.3 is 5.97 Å². The highest BCUT2D eigenvalue weighted by molar-refractivity contribution is 5.87. The zero-order chi connectivity index (χ0) is 11.3. The zero-order valence-electron chi connectivity index (χ0n) is 9.50. The van der Waals surface area contributed by atoms with Crippen molar-refractivity contribution < 1.29 is 13.9 Å². The van der Waals surface area contributed by atoms with Crippen LogP contribution >= 0.6 is 0 Å². The Morgan fingerprint density at radius 1 is 1.33 bits per heavy atom. The molecule has 0 aliphatic heterocycles. The molecule has 0 aliphatic rings. The predicted octanol–water partition coefficient (Wildman–Crippen LogP) is 2.37. The van der Waals surface area contributed by atoms with E-state index in [0.29, 0.717) is 11.6 Å². The molecule has 4 heteroatoms. The van der Waals surface area contributed by atoms with Gasteiger partial charge in [-0.3, -0.25) is 0 Å². The van der Waals surface area contributed by atoms with E-state index in [1.165, 1.54) is 7.11 Å². The molecule has 0 amide bonds. The molecule has 0 spiro atoms. The van der Waals surface area contributed by atoms with E-state index in [1.807, 2.05) is 13.8 Å². The Balaban J connectivity index is 2.94. The number of carbonyl (C=O) groups excluding carboxylic acids is 1. The summed E-state index contributed by atoms with van der Waals surface area (Å²) in [6.45, 7) is 4.08. The number of ether oxygens (including phenoxy) is 1. The first-order chi connectivity index (χ1) is 7.22. The van der Waals surface area contributed by atoms with Crippen LogP contribution in [0.25, 0.3) is 0 Å². The monoisotopic (exact) mass is 211 g/mol. The lowest BCUT2D eigenvalue weighted by Gasteiger charge is -1.96. The molecule has 1 rings (SSSR count). The molecule has 15 heavy (non-hydrogen) atoms. The van der Waals surface area contributed by atoms with E-state index in [0.717, 1.165) is 25.7 Å². The summed E-state index contributed by atoms with van der Waals surface area (Å²) in [5.41, 5.74) is 0.716. The zero-order valence-corrected chi connectivity index (χ0v) is 9.50. The second-order valence-electron chi connectivity index (χ2n) is 3.38. The van der Waals surface area contributed by atoms with Gasteiger partial charge in [-0.2, -0.15) is 0 Å². The topological polar surface area (TPSA) is 52.3 Å². The first kappa shape index (κ1) is 11.8. The van der Waals surface area contributed by atoms with Gasteiger partial charge in [-0.15, -0.1) is 0 Å². The number of aryl methyl sites for hydroxylation is 2. The second kappa shape index (κ2) is 5.53. The van der Waals surface area contributed by atoms with Gasteiger partial charge in [-0.1, -0.05) is 20.3 Å². The normalized spacial score (nSPS) is 10.3. The summed E-state index contributed by atoms with van der Waals surface area (Å²) >= 11 is 0. The second-order valence-corrected chi connectivity index (χ2v) is 3.38. The molecule has 0 radical (unpaired) electrons. The Morgan fingerprint density at radius 3 is 2.53 bits per heavy atom. The van der Waals surface area contributed by atoms with Crippen molar-refractivity contribution in [3.63, 3.8) is 0 Å². The highest BCUT2D eigenvalue weighted by atomic mass is 16.5. The van der Waals surface area contributed by atoms with Crippen molar-refractivity contribution in [2.45, 2.75) is 39.5 Å². The van der Waals surface area contributed by atoms with Crippen molar-refractivity contribution in [3.05, 3.63) is 17.3 Å². The highest BCUT2D eigenvalue weighted by Gasteiger charge is 2.19. The van der Waals surface area contributed by atoms with Crippen LogP contribution in [-0.4, -0.2) is 18.1 Å². The van der Waals surface area contributed by atoms with Crippen molar-refractivity contribution in [1.82, 2.24) is 4.98 Å². The fourth-order valence-electron chi connectivity index (χ4n) is 1.38. The Hall–Kier alpha value is -1.32. The Morgan fingerprint density at radius 2 is 2.00 bits per heavy atom. The molecular weight excluding hydrogens is 194 g/mol. The molecule has 0 aliphatic carbocycles. The molecule has 0 saturated carbocycles. The molecule has 1 heterocycles. The maximum atomic E-state index is 11.4. The van der Waals surface area contributed by atoms with Crippen LogP contribution in [0.4, 0.5) is 0 Å². The van der Waals surface area contributed by atoms with E-state index < -0.39 is 5.97 Å². The fourth-order valence-corrected chi connectivity index (χ4v) is 1.38. The van der Waals surface area contributed by atoms with Crippen LogP contribution in [0, 0.1) is 0 Å². The Labute approximate surface area is 89.6 Å². The van der Waals surface area contributed by atoms with Crippen LogP contribution in [0.15, 0.2) is 4.42 Å². The van der Waals surface area contributed by atoms with E-state index in [-0.39, 0.29) is 5.76 Å². The minimum atomic E-state index is -0.437. The van der Waals surface area contributed by atoms with Crippen molar-refractivity contribution >= 4 is 5.97 Å². The van der Waals surface area contributed by atoms with Gasteiger partial charge < -0.3 is 9.15 Å². The van der Waals surface area contributed by atoms with Crippen LogP contribution < -0.4 is 0 Å². The van der Waals surface area contributed by atoms with Gasteiger partial charge in [0.05, 0.1) is 12.8 Å². The lowest BCUT2D eigenvalue weighted by Crippen LogP contribution is -2.03. The van der Waals surface area contributed by atoms with E-state index in [4.69, 9.17) is 4.42 Å². The van der Waals surface area contributed by atoms with Crippen molar-refractivity contribution in [2.24, 2.45) is 0 Å². The van der Waals surface area contributed by atoms with E-state index in [1.54, 1.807) is 0 Å². The minimum absolute atomic E-state index is 0.266. The van der Waals surface area contributed by atoms with Crippen molar-refractivity contribution in [3.8, 4) is 0 Å². The molecular formula is C11H17NO3. The Bertz CT molecular complexity index is 331. The van der Waals surface area contributed by atoms with Gasteiger partial charge in [0.15, 0.2) is 5.89 Å². The highest BCUT2D eigenvalue weighted by Crippen LogP contribution is 2.15. The smallest absolute Gasteiger partial charge is 0.375 e. The summed E-state index contributed by atoms with van der Waals surface area (Å²) in [5.74, 6) is 0.456. The number of hydrogen-bond acceptors (Lipinski definition) is 4. The first-order valence-corrected chi connectivity index (χ1v) is 5.29. The van der Waals surface area contributed by atoms with Crippen LogP contribution in [0.2, 0.25) is 0 Å². The van der Waals surface area contributed by atoms with Crippen molar-refractivity contribution in [2.75, 3.05) is 7.11 Å². The molecule has 0 saturated heterocycles. The lowest BCUT2D eigenvalue weighted by atomic mass is 10.2. The molecule has 4 nitrogen and oxygen atoms in total.